The highest BCUT2D eigenvalue weighted by Gasteiger charge is 2.53. The number of ether oxygens (including phenoxy) is 2. The maximum Gasteiger partial charge on any atom is 0.249 e. The maximum absolute atomic E-state index is 12.9. The zero-order valence-electron chi connectivity index (χ0n) is 16.2. The number of hydrogen-bond acceptors (Lipinski definition) is 7. The minimum absolute atomic E-state index is 0.0662. The summed E-state index contributed by atoms with van der Waals surface area (Å²) >= 11 is 3.17. The number of nitrogens with zero attached hydrogens (tertiary/aromatic N) is 2. The predicted octanol–water partition coefficient (Wildman–Crippen LogP) is 3.16. The first-order valence-corrected chi connectivity index (χ1v) is 11.3. The number of thioether (sulfide) groups is 1. The molecule has 2 aromatic rings. The van der Waals surface area contributed by atoms with Gasteiger partial charge in [-0.25, -0.2) is 4.98 Å². The van der Waals surface area contributed by atoms with Gasteiger partial charge in [-0.3, -0.25) is 9.59 Å². The Kier molecular flexibility index (Phi) is 4.47. The first-order chi connectivity index (χ1) is 13.9. The molecule has 152 valence electrons. The van der Waals surface area contributed by atoms with Crippen LogP contribution in [-0.2, 0) is 16.0 Å². The van der Waals surface area contributed by atoms with E-state index in [0.29, 0.717) is 23.7 Å². The third-order valence-electron chi connectivity index (χ3n) is 5.67. The van der Waals surface area contributed by atoms with Crippen LogP contribution in [-0.4, -0.2) is 45.2 Å². The van der Waals surface area contributed by atoms with E-state index in [2.05, 4.69) is 10.3 Å². The maximum atomic E-state index is 12.9. The predicted molar refractivity (Wildman–Crippen MR) is 112 cm³/mol. The second kappa shape index (κ2) is 6.91. The third kappa shape index (κ3) is 3.26. The molecule has 0 saturated carbocycles. The summed E-state index contributed by atoms with van der Waals surface area (Å²) in [5.41, 5.74) is 2.00. The highest BCUT2D eigenvalue weighted by atomic mass is 32.2. The molecular weight excluding hydrogens is 410 g/mol. The van der Waals surface area contributed by atoms with Gasteiger partial charge < -0.3 is 19.7 Å². The number of anilines is 1. The Morgan fingerprint density at radius 2 is 2.21 bits per heavy atom. The van der Waals surface area contributed by atoms with Crippen LogP contribution >= 0.6 is 23.1 Å². The number of carbonyl (C=O) groups is 2. The van der Waals surface area contributed by atoms with E-state index in [4.69, 9.17) is 9.47 Å². The van der Waals surface area contributed by atoms with Crippen molar-refractivity contribution in [1.82, 2.24) is 9.88 Å². The van der Waals surface area contributed by atoms with Gasteiger partial charge >= 0.3 is 0 Å². The lowest BCUT2D eigenvalue weighted by Crippen LogP contribution is -2.48. The minimum atomic E-state index is -0.429. The average molecular weight is 432 g/mol. The summed E-state index contributed by atoms with van der Waals surface area (Å²) in [5.74, 6) is 2.06. The third-order valence-corrected chi connectivity index (χ3v) is 8.25. The second-order valence-corrected chi connectivity index (χ2v) is 10.2. The summed E-state index contributed by atoms with van der Waals surface area (Å²) in [6, 6.07) is 5.48. The fraction of sp³-hybridized carbons (Fsp3) is 0.450. The van der Waals surface area contributed by atoms with E-state index in [1.54, 1.807) is 16.7 Å². The van der Waals surface area contributed by atoms with Gasteiger partial charge in [0.15, 0.2) is 16.6 Å². The molecule has 29 heavy (non-hydrogen) atoms. The summed E-state index contributed by atoms with van der Waals surface area (Å²) in [5, 5.41) is 3.52. The lowest BCUT2D eigenvalue weighted by molar-refractivity contribution is -0.135. The minimum Gasteiger partial charge on any atom is -0.454 e. The molecule has 4 heterocycles. The van der Waals surface area contributed by atoms with E-state index >= 15 is 0 Å². The van der Waals surface area contributed by atoms with Crippen LogP contribution in [0.2, 0.25) is 0 Å². The largest absolute Gasteiger partial charge is 0.454 e. The molecule has 3 aliphatic heterocycles. The van der Waals surface area contributed by atoms with Gasteiger partial charge in [0.05, 0.1) is 10.6 Å². The van der Waals surface area contributed by atoms with Crippen LogP contribution in [0.25, 0.3) is 0 Å². The molecule has 2 atom stereocenters. The summed E-state index contributed by atoms with van der Waals surface area (Å²) in [6.07, 6.45) is 2.03. The summed E-state index contributed by atoms with van der Waals surface area (Å²) in [4.78, 5) is 32.3. The van der Waals surface area contributed by atoms with Crippen LogP contribution in [0.4, 0.5) is 5.13 Å². The van der Waals surface area contributed by atoms with Crippen molar-refractivity contribution in [3.8, 4) is 11.5 Å². The van der Waals surface area contributed by atoms with Crippen molar-refractivity contribution >= 4 is 40.0 Å². The molecule has 2 saturated heterocycles. The summed E-state index contributed by atoms with van der Waals surface area (Å²) < 4.78 is 10.8. The average Bonchev–Trinajstić information content (AvgIpc) is 3.42. The van der Waals surface area contributed by atoms with Gasteiger partial charge in [-0.15, -0.1) is 23.1 Å². The van der Waals surface area contributed by atoms with E-state index in [1.807, 2.05) is 32.0 Å². The van der Waals surface area contributed by atoms with E-state index in [9.17, 15) is 9.59 Å². The number of rotatable bonds is 4. The number of thiazole rings is 1. The first-order valence-electron chi connectivity index (χ1n) is 9.55. The zero-order valence-corrected chi connectivity index (χ0v) is 17.8. The molecule has 2 fully saturated rings. The van der Waals surface area contributed by atoms with Gasteiger partial charge in [0.25, 0.3) is 0 Å². The normalized spacial score (nSPS) is 24.8. The number of fused-ring (bicyclic) bond motifs is 2. The molecule has 0 spiro atoms. The molecule has 0 bridgehead atoms. The van der Waals surface area contributed by atoms with Crippen LogP contribution in [0.3, 0.4) is 0 Å². The van der Waals surface area contributed by atoms with Gasteiger partial charge in [-0.1, -0.05) is 6.07 Å². The highest BCUT2D eigenvalue weighted by Crippen LogP contribution is 2.47. The summed E-state index contributed by atoms with van der Waals surface area (Å²) in [6.45, 7) is 4.25. The first kappa shape index (κ1) is 18.7. The SMILES string of the molecule is Cc1nc(NC(=O)[C@H]2CS[C@@]3(C)CCC(=O)N23)sc1Cc1ccc2c(c1)OCO2. The molecule has 1 aromatic heterocycles. The Morgan fingerprint density at radius 1 is 1.38 bits per heavy atom. The zero-order chi connectivity index (χ0) is 20.2. The van der Waals surface area contributed by atoms with E-state index in [-0.39, 0.29) is 23.5 Å². The van der Waals surface area contributed by atoms with Gasteiger partial charge in [0.1, 0.15) is 6.04 Å². The highest BCUT2D eigenvalue weighted by molar-refractivity contribution is 8.01. The van der Waals surface area contributed by atoms with Crippen molar-refractivity contribution in [3.05, 3.63) is 34.3 Å². The van der Waals surface area contributed by atoms with Gasteiger partial charge in [-0.05, 0) is 38.0 Å². The number of carbonyl (C=O) groups excluding carboxylic acids is 2. The molecule has 7 nitrogen and oxygen atoms in total. The monoisotopic (exact) mass is 431 g/mol. The second-order valence-electron chi connectivity index (χ2n) is 7.65. The molecule has 0 aliphatic carbocycles. The van der Waals surface area contributed by atoms with E-state index in [1.165, 1.54) is 11.3 Å². The molecule has 1 N–H and O–H groups in total. The van der Waals surface area contributed by atoms with Crippen molar-refractivity contribution < 1.29 is 19.1 Å². The Labute approximate surface area is 176 Å². The van der Waals surface area contributed by atoms with Gasteiger partial charge in [0.2, 0.25) is 18.6 Å². The number of nitrogens with one attached hydrogen (secondary N) is 1. The molecular formula is C20H21N3O4S2. The summed E-state index contributed by atoms with van der Waals surface area (Å²) in [7, 11) is 0. The molecule has 3 aliphatic rings. The number of amides is 2. The molecule has 0 radical (unpaired) electrons. The lowest BCUT2D eigenvalue weighted by atomic mass is 10.1. The van der Waals surface area contributed by atoms with E-state index < -0.39 is 6.04 Å². The van der Waals surface area contributed by atoms with Crippen LogP contribution < -0.4 is 14.8 Å². The van der Waals surface area contributed by atoms with Crippen molar-refractivity contribution in [2.24, 2.45) is 0 Å². The number of hydrogen-bond donors (Lipinski definition) is 1. The van der Waals surface area contributed by atoms with Crippen LogP contribution in [0.5, 0.6) is 11.5 Å². The van der Waals surface area contributed by atoms with Crippen molar-refractivity contribution in [2.45, 2.75) is 44.0 Å². The van der Waals surface area contributed by atoms with Crippen LogP contribution in [0, 0.1) is 6.92 Å². The van der Waals surface area contributed by atoms with Crippen LogP contribution in [0.1, 0.15) is 35.9 Å². The smallest absolute Gasteiger partial charge is 0.249 e. The molecule has 5 rings (SSSR count). The van der Waals surface area contributed by atoms with Crippen molar-refractivity contribution in [3.63, 3.8) is 0 Å². The Morgan fingerprint density at radius 3 is 3.07 bits per heavy atom. The van der Waals surface area contributed by atoms with Gasteiger partial charge in [-0.2, -0.15) is 0 Å². The Hall–Kier alpha value is -2.26. The molecule has 1 aromatic carbocycles. The fourth-order valence-corrected chi connectivity index (χ4v) is 6.52. The Balaban J connectivity index is 1.29. The number of benzene rings is 1. The molecule has 0 unspecified atom stereocenters. The lowest BCUT2D eigenvalue weighted by Gasteiger charge is -2.29. The number of aryl methyl sites for hydroxylation is 1. The van der Waals surface area contributed by atoms with Crippen molar-refractivity contribution in [2.75, 3.05) is 17.9 Å². The quantitative estimate of drug-likeness (QED) is 0.801. The molecule has 9 heteroatoms. The number of aromatic nitrogens is 1. The fourth-order valence-electron chi connectivity index (χ4n) is 4.09. The van der Waals surface area contributed by atoms with E-state index in [0.717, 1.165) is 34.1 Å². The van der Waals surface area contributed by atoms with Crippen molar-refractivity contribution in [1.29, 1.82) is 0 Å². The Bertz CT molecular complexity index is 1010. The van der Waals surface area contributed by atoms with Gasteiger partial charge in [0, 0.05) is 23.5 Å². The molecule has 2 amide bonds. The topological polar surface area (TPSA) is 80.8 Å². The standard InChI is InChI=1S/C20H21N3O4S2/c1-11-16(8-12-3-4-14-15(7-12)27-10-26-14)29-19(21-11)22-18(25)13-9-28-20(2)6-5-17(24)23(13)20/h3-4,7,13H,5-6,8-10H2,1-2H3,(H,21,22,25)/t13-,20+/m1/s1. The van der Waals surface area contributed by atoms with Crippen LogP contribution in [0.15, 0.2) is 18.2 Å².